The van der Waals surface area contributed by atoms with Gasteiger partial charge in [0.15, 0.2) is 0 Å². The lowest BCUT2D eigenvalue weighted by Crippen LogP contribution is -2.17. The second kappa shape index (κ2) is 6.02. The Morgan fingerprint density at radius 2 is 2.00 bits per heavy atom. The largest absolute Gasteiger partial charge is 0.488 e. The zero-order valence-electron chi connectivity index (χ0n) is 11.2. The lowest BCUT2D eigenvalue weighted by molar-refractivity contribution is -0.140. The van der Waals surface area contributed by atoms with E-state index in [0.717, 1.165) is 16.9 Å². The average Bonchev–Trinajstić information content (AvgIpc) is 2.53. The average molecular weight is 301 g/mol. The third-order valence-electron chi connectivity index (χ3n) is 3.16. The van der Waals surface area contributed by atoms with Crippen molar-refractivity contribution in [3.05, 3.63) is 70.3 Å². The van der Waals surface area contributed by atoms with Crippen LogP contribution in [-0.4, -0.2) is 12.6 Å². The first-order chi connectivity index (χ1) is 10.2. The maximum Gasteiger partial charge on any atom is 0.337 e. The number of carbonyl (C=O) groups is 1. The van der Waals surface area contributed by atoms with Gasteiger partial charge < -0.3 is 9.47 Å². The Hall–Kier alpha value is -2.26. The molecule has 2 aromatic rings. The quantitative estimate of drug-likeness (QED) is 0.808. The predicted octanol–water partition coefficient (Wildman–Crippen LogP) is 3.86. The first-order valence-electron chi connectivity index (χ1n) is 6.56. The smallest absolute Gasteiger partial charge is 0.337 e. The summed E-state index contributed by atoms with van der Waals surface area (Å²) in [7, 11) is 0. The zero-order chi connectivity index (χ0) is 14.7. The molecule has 3 rings (SSSR count). The molecule has 1 aliphatic heterocycles. The van der Waals surface area contributed by atoms with Gasteiger partial charge in [-0.2, -0.15) is 0 Å². The Morgan fingerprint density at radius 3 is 2.81 bits per heavy atom. The summed E-state index contributed by atoms with van der Waals surface area (Å²) in [6.07, 6.45) is 1.76. The van der Waals surface area contributed by atoms with Crippen molar-refractivity contribution in [2.24, 2.45) is 0 Å². The second-order valence-electron chi connectivity index (χ2n) is 4.70. The molecule has 0 bridgehead atoms. The molecule has 1 heterocycles. The number of halogens is 1. The van der Waals surface area contributed by atoms with Crippen LogP contribution in [0.25, 0.3) is 6.08 Å². The summed E-state index contributed by atoms with van der Waals surface area (Å²) in [5, 5.41) is 0.604. The van der Waals surface area contributed by atoms with Crippen molar-refractivity contribution in [1.29, 1.82) is 0 Å². The highest BCUT2D eigenvalue weighted by molar-refractivity contribution is 6.30. The van der Waals surface area contributed by atoms with Crippen molar-refractivity contribution in [1.82, 2.24) is 0 Å². The van der Waals surface area contributed by atoms with Crippen LogP contribution in [0, 0.1) is 0 Å². The number of benzene rings is 2. The summed E-state index contributed by atoms with van der Waals surface area (Å²) >= 11 is 5.94. The molecule has 0 fully saturated rings. The Labute approximate surface area is 127 Å². The van der Waals surface area contributed by atoms with E-state index in [4.69, 9.17) is 21.1 Å². The number of esters is 1. The van der Waals surface area contributed by atoms with Crippen LogP contribution in [0.15, 0.2) is 54.1 Å². The Morgan fingerprint density at radius 1 is 1.19 bits per heavy atom. The molecule has 3 nitrogen and oxygen atoms in total. The molecule has 0 amide bonds. The molecule has 2 aromatic carbocycles. The Balaban J connectivity index is 1.71. The molecule has 0 saturated carbocycles. The SMILES string of the molecule is O=C(OCc1ccccc1)C1=Cc2cc(Cl)ccc2OC1. The van der Waals surface area contributed by atoms with E-state index in [1.54, 1.807) is 24.3 Å². The van der Waals surface area contributed by atoms with Gasteiger partial charge in [0.2, 0.25) is 0 Å². The lowest BCUT2D eigenvalue weighted by atomic mass is 10.1. The van der Waals surface area contributed by atoms with Crippen LogP contribution in [-0.2, 0) is 16.1 Å². The van der Waals surface area contributed by atoms with E-state index in [-0.39, 0.29) is 19.2 Å². The number of hydrogen-bond donors (Lipinski definition) is 0. The summed E-state index contributed by atoms with van der Waals surface area (Å²) in [5.41, 5.74) is 2.23. The summed E-state index contributed by atoms with van der Waals surface area (Å²) in [5.74, 6) is 0.350. The number of hydrogen-bond acceptors (Lipinski definition) is 3. The maximum atomic E-state index is 12.1. The molecule has 0 atom stereocenters. The highest BCUT2D eigenvalue weighted by atomic mass is 35.5. The normalized spacial score (nSPS) is 12.9. The van der Waals surface area contributed by atoms with E-state index in [1.165, 1.54) is 0 Å². The van der Waals surface area contributed by atoms with Crippen LogP contribution in [0.2, 0.25) is 5.02 Å². The molecule has 4 heteroatoms. The van der Waals surface area contributed by atoms with Crippen molar-refractivity contribution in [3.8, 4) is 5.75 Å². The molecule has 106 valence electrons. The first kappa shape index (κ1) is 13.7. The third kappa shape index (κ3) is 3.26. The fraction of sp³-hybridized carbons (Fsp3) is 0.118. The second-order valence-corrected chi connectivity index (χ2v) is 5.14. The number of ether oxygens (including phenoxy) is 2. The molecular weight excluding hydrogens is 288 g/mol. The lowest BCUT2D eigenvalue weighted by Gasteiger charge is -2.17. The molecule has 0 aliphatic carbocycles. The minimum absolute atomic E-state index is 0.211. The van der Waals surface area contributed by atoms with E-state index < -0.39 is 0 Å². The van der Waals surface area contributed by atoms with Crippen molar-refractivity contribution < 1.29 is 14.3 Å². The van der Waals surface area contributed by atoms with Gasteiger partial charge in [0.25, 0.3) is 0 Å². The predicted molar refractivity (Wildman–Crippen MR) is 81.2 cm³/mol. The van der Waals surface area contributed by atoms with Gasteiger partial charge in [-0.15, -0.1) is 0 Å². The van der Waals surface area contributed by atoms with Crippen molar-refractivity contribution >= 4 is 23.6 Å². The van der Waals surface area contributed by atoms with E-state index in [2.05, 4.69) is 0 Å². The molecule has 0 N–H and O–H groups in total. The first-order valence-corrected chi connectivity index (χ1v) is 6.94. The fourth-order valence-corrected chi connectivity index (χ4v) is 2.26. The standard InChI is InChI=1S/C17H13ClO3/c18-15-6-7-16-13(9-15)8-14(11-20-16)17(19)21-10-12-4-2-1-3-5-12/h1-9H,10-11H2. The van der Waals surface area contributed by atoms with E-state index in [9.17, 15) is 4.79 Å². The van der Waals surface area contributed by atoms with Crippen molar-refractivity contribution in [2.75, 3.05) is 6.61 Å². The molecule has 21 heavy (non-hydrogen) atoms. The molecular formula is C17H13ClO3. The fourth-order valence-electron chi connectivity index (χ4n) is 2.08. The van der Waals surface area contributed by atoms with Gasteiger partial charge in [-0.3, -0.25) is 0 Å². The maximum absolute atomic E-state index is 12.1. The van der Waals surface area contributed by atoms with Gasteiger partial charge in [0, 0.05) is 10.6 Å². The minimum Gasteiger partial charge on any atom is -0.488 e. The van der Waals surface area contributed by atoms with Gasteiger partial charge in [0.05, 0.1) is 5.57 Å². The summed E-state index contributed by atoms with van der Waals surface area (Å²) in [6.45, 7) is 0.460. The highest BCUT2D eigenvalue weighted by Gasteiger charge is 2.18. The van der Waals surface area contributed by atoms with E-state index in [0.29, 0.717) is 10.6 Å². The van der Waals surface area contributed by atoms with Crippen molar-refractivity contribution in [3.63, 3.8) is 0 Å². The van der Waals surface area contributed by atoms with E-state index >= 15 is 0 Å². The van der Waals surface area contributed by atoms with Gasteiger partial charge in [-0.05, 0) is 29.8 Å². The molecule has 1 aliphatic rings. The summed E-state index contributed by atoms with van der Waals surface area (Å²) in [6, 6.07) is 14.9. The molecule has 0 radical (unpaired) electrons. The van der Waals surface area contributed by atoms with Crippen molar-refractivity contribution in [2.45, 2.75) is 6.61 Å². The van der Waals surface area contributed by atoms with Crippen LogP contribution in [0.1, 0.15) is 11.1 Å². The number of carbonyl (C=O) groups excluding carboxylic acids is 1. The van der Waals surface area contributed by atoms with Crippen LogP contribution >= 0.6 is 11.6 Å². The van der Waals surface area contributed by atoms with E-state index in [1.807, 2.05) is 30.3 Å². The summed E-state index contributed by atoms with van der Waals surface area (Å²) in [4.78, 5) is 12.1. The summed E-state index contributed by atoms with van der Waals surface area (Å²) < 4.78 is 10.8. The Kier molecular flexibility index (Phi) is 3.93. The van der Waals surface area contributed by atoms with Crippen LogP contribution in [0.5, 0.6) is 5.75 Å². The van der Waals surface area contributed by atoms with Gasteiger partial charge in [-0.1, -0.05) is 41.9 Å². The van der Waals surface area contributed by atoms with Gasteiger partial charge >= 0.3 is 5.97 Å². The minimum atomic E-state index is -0.371. The number of fused-ring (bicyclic) bond motifs is 1. The number of rotatable bonds is 3. The zero-order valence-corrected chi connectivity index (χ0v) is 12.0. The molecule has 0 saturated heterocycles. The highest BCUT2D eigenvalue weighted by Crippen LogP contribution is 2.29. The third-order valence-corrected chi connectivity index (χ3v) is 3.39. The van der Waals surface area contributed by atoms with Crippen LogP contribution in [0.4, 0.5) is 0 Å². The van der Waals surface area contributed by atoms with Gasteiger partial charge in [-0.25, -0.2) is 4.79 Å². The van der Waals surface area contributed by atoms with Crippen LogP contribution < -0.4 is 4.74 Å². The van der Waals surface area contributed by atoms with Gasteiger partial charge in [0.1, 0.15) is 19.0 Å². The monoisotopic (exact) mass is 300 g/mol. The Bertz CT molecular complexity index is 692. The molecule has 0 unspecified atom stereocenters. The topological polar surface area (TPSA) is 35.5 Å². The molecule has 0 aromatic heterocycles. The molecule has 0 spiro atoms. The van der Waals surface area contributed by atoms with Crippen LogP contribution in [0.3, 0.4) is 0 Å².